The molecular weight excluding hydrogens is 297 g/mol. The lowest BCUT2D eigenvalue weighted by Crippen LogP contribution is -2.31. The lowest BCUT2D eigenvalue weighted by molar-refractivity contribution is 0.0858. The van der Waals surface area contributed by atoms with E-state index in [9.17, 15) is 9.18 Å². The van der Waals surface area contributed by atoms with Crippen LogP contribution in [-0.2, 0) is 4.74 Å². The van der Waals surface area contributed by atoms with Gasteiger partial charge in [0.05, 0.1) is 6.10 Å². The van der Waals surface area contributed by atoms with Crippen LogP contribution < -0.4 is 10.1 Å². The normalized spacial score (nSPS) is 17.0. The van der Waals surface area contributed by atoms with Crippen LogP contribution >= 0.6 is 0 Å². The van der Waals surface area contributed by atoms with Gasteiger partial charge in [-0.2, -0.15) is 0 Å². The quantitative estimate of drug-likeness (QED) is 0.918. The maximum Gasteiger partial charge on any atom is 0.251 e. The van der Waals surface area contributed by atoms with E-state index in [2.05, 4.69) is 5.32 Å². The van der Waals surface area contributed by atoms with Gasteiger partial charge in [0, 0.05) is 18.7 Å². The van der Waals surface area contributed by atoms with Gasteiger partial charge in [0.2, 0.25) is 0 Å². The first-order valence-corrected chi connectivity index (χ1v) is 7.64. The van der Waals surface area contributed by atoms with Gasteiger partial charge >= 0.3 is 0 Å². The third-order valence-electron chi connectivity index (χ3n) is 3.68. The monoisotopic (exact) mass is 315 g/mol. The van der Waals surface area contributed by atoms with Gasteiger partial charge in [0.15, 0.2) is 0 Å². The lowest BCUT2D eigenvalue weighted by atomic mass is 10.2. The number of ether oxygens (including phenoxy) is 2. The highest BCUT2D eigenvalue weighted by atomic mass is 19.1. The Morgan fingerprint density at radius 1 is 1.13 bits per heavy atom. The summed E-state index contributed by atoms with van der Waals surface area (Å²) in [6, 6.07) is 12.6. The second kappa shape index (κ2) is 7.24. The van der Waals surface area contributed by atoms with Crippen molar-refractivity contribution in [3.63, 3.8) is 0 Å². The molecule has 3 rings (SSSR count). The van der Waals surface area contributed by atoms with Crippen LogP contribution in [0.4, 0.5) is 4.39 Å². The van der Waals surface area contributed by atoms with Crippen LogP contribution in [0.3, 0.4) is 0 Å². The summed E-state index contributed by atoms with van der Waals surface area (Å²) in [6.07, 6.45) is 2.17. The van der Waals surface area contributed by atoms with Crippen molar-refractivity contribution in [1.29, 1.82) is 0 Å². The summed E-state index contributed by atoms with van der Waals surface area (Å²) < 4.78 is 23.9. The molecule has 0 spiro atoms. The van der Waals surface area contributed by atoms with Gasteiger partial charge in [0.25, 0.3) is 5.91 Å². The minimum Gasteiger partial charge on any atom is -0.457 e. The Hall–Kier alpha value is -2.40. The molecule has 0 aliphatic carbocycles. The molecule has 0 aromatic heterocycles. The van der Waals surface area contributed by atoms with E-state index in [4.69, 9.17) is 9.47 Å². The van der Waals surface area contributed by atoms with Gasteiger partial charge in [0.1, 0.15) is 17.3 Å². The summed E-state index contributed by atoms with van der Waals surface area (Å²) in [6.45, 7) is 1.31. The highest BCUT2D eigenvalue weighted by Crippen LogP contribution is 2.21. The fourth-order valence-corrected chi connectivity index (χ4v) is 2.43. The van der Waals surface area contributed by atoms with Crippen LogP contribution in [0, 0.1) is 5.82 Å². The topological polar surface area (TPSA) is 47.6 Å². The van der Waals surface area contributed by atoms with E-state index >= 15 is 0 Å². The highest BCUT2D eigenvalue weighted by Gasteiger charge is 2.16. The van der Waals surface area contributed by atoms with Crippen LogP contribution in [0.1, 0.15) is 23.2 Å². The number of nitrogens with one attached hydrogen (secondary N) is 1. The van der Waals surface area contributed by atoms with Gasteiger partial charge in [-0.05, 0) is 61.4 Å². The zero-order chi connectivity index (χ0) is 16.1. The molecule has 120 valence electrons. The zero-order valence-electron chi connectivity index (χ0n) is 12.6. The number of hydrogen-bond donors (Lipinski definition) is 1. The Morgan fingerprint density at radius 3 is 2.39 bits per heavy atom. The first-order valence-electron chi connectivity index (χ1n) is 7.64. The molecule has 2 aromatic carbocycles. The molecule has 0 unspecified atom stereocenters. The molecule has 1 N–H and O–H groups in total. The molecule has 1 aliphatic rings. The minimum absolute atomic E-state index is 0.125. The molecule has 1 saturated heterocycles. The predicted molar refractivity (Wildman–Crippen MR) is 84.2 cm³/mol. The summed E-state index contributed by atoms with van der Waals surface area (Å²) in [5.41, 5.74) is 0.564. The van der Waals surface area contributed by atoms with Crippen molar-refractivity contribution in [3.05, 3.63) is 59.9 Å². The SMILES string of the molecule is O=C(NC[C@H]1CCCO1)c1ccc(Oc2ccc(F)cc2)cc1. The van der Waals surface area contributed by atoms with Crippen LogP contribution in [0.15, 0.2) is 48.5 Å². The molecule has 5 heteroatoms. The van der Waals surface area contributed by atoms with E-state index in [0.717, 1.165) is 19.4 Å². The van der Waals surface area contributed by atoms with E-state index in [1.54, 1.807) is 36.4 Å². The van der Waals surface area contributed by atoms with Crippen molar-refractivity contribution in [2.24, 2.45) is 0 Å². The number of halogens is 1. The standard InChI is InChI=1S/C18H18FNO3/c19-14-5-9-16(10-6-14)23-15-7-3-13(4-8-15)18(21)20-12-17-2-1-11-22-17/h3-10,17H,1-2,11-12H2,(H,20,21)/t17-/m1/s1. The smallest absolute Gasteiger partial charge is 0.251 e. The number of amides is 1. The van der Waals surface area contributed by atoms with Crippen LogP contribution in [-0.4, -0.2) is 25.2 Å². The second-order valence-corrected chi connectivity index (χ2v) is 5.43. The molecule has 0 saturated carbocycles. The lowest BCUT2D eigenvalue weighted by Gasteiger charge is -2.11. The molecule has 1 heterocycles. The molecule has 2 aromatic rings. The van der Waals surface area contributed by atoms with Gasteiger partial charge in [-0.25, -0.2) is 4.39 Å². The zero-order valence-corrected chi connectivity index (χ0v) is 12.6. The van der Waals surface area contributed by atoms with Gasteiger partial charge < -0.3 is 14.8 Å². The number of carbonyl (C=O) groups is 1. The molecule has 23 heavy (non-hydrogen) atoms. The summed E-state index contributed by atoms with van der Waals surface area (Å²) in [5.74, 6) is 0.693. The Balaban J connectivity index is 1.55. The van der Waals surface area contributed by atoms with Crippen LogP contribution in [0.2, 0.25) is 0 Å². The van der Waals surface area contributed by atoms with E-state index in [-0.39, 0.29) is 17.8 Å². The average Bonchev–Trinajstić information content (AvgIpc) is 3.09. The fraction of sp³-hybridized carbons (Fsp3) is 0.278. The first kappa shape index (κ1) is 15.5. The van der Waals surface area contributed by atoms with Crippen molar-refractivity contribution in [2.45, 2.75) is 18.9 Å². The number of rotatable bonds is 5. The maximum atomic E-state index is 12.8. The molecule has 1 atom stereocenters. The van der Waals surface area contributed by atoms with E-state index in [1.807, 2.05) is 0 Å². The molecule has 0 radical (unpaired) electrons. The third-order valence-corrected chi connectivity index (χ3v) is 3.68. The molecule has 4 nitrogen and oxygen atoms in total. The van der Waals surface area contributed by atoms with Crippen LogP contribution in [0.25, 0.3) is 0 Å². The Morgan fingerprint density at radius 2 is 1.78 bits per heavy atom. The summed E-state index contributed by atoms with van der Waals surface area (Å²) in [7, 11) is 0. The van der Waals surface area contributed by atoms with Gasteiger partial charge in [-0.15, -0.1) is 0 Å². The molecule has 1 aliphatic heterocycles. The van der Waals surface area contributed by atoms with Crippen molar-refractivity contribution in [1.82, 2.24) is 5.32 Å². The summed E-state index contributed by atoms with van der Waals surface area (Å²) in [4.78, 5) is 12.1. The Bertz CT molecular complexity index is 649. The van der Waals surface area contributed by atoms with Gasteiger partial charge in [-0.3, -0.25) is 4.79 Å². The second-order valence-electron chi connectivity index (χ2n) is 5.43. The van der Waals surface area contributed by atoms with E-state index in [1.165, 1.54) is 12.1 Å². The Labute approximate surface area is 134 Å². The largest absolute Gasteiger partial charge is 0.457 e. The average molecular weight is 315 g/mol. The van der Waals surface area contributed by atoms with E-state index in [0.29, 0.717) is 23.6 Å². The van der Waals surface area contributed by atoms with E-state index < -0.39 is 0 Å². The number of benzene rings is 2. The summed E-state index contributed by atoms with van der Waals surface area (Å²) in [5, 5.41) is 2.87. The van der Waals surface area contributed by atoms with Crippen molar-refractivity contribution < 1.29 is 18.7 Å². The first-order chi connectivity index (χ1) is 11.2. The van der Waals surface area contributed by atoms with Crippen molar-refractivity contribution in [3.8, 4) is 11.5 Å². The number of hydrogen-bond acceptors (Lipinski definition) is 3. The third kappa shape index (κ3) is 4.29. The Kier molecular flexibility index (Phi) is 4.88. The van der Waals surface area contributed by atoms with Crippen molar-refractivity contribution >= 4 is 5.91 Å². The predicted octanol–water partition coefficient (Wildman–Crippen LogP) is 3.53. The minimum atomic E-state index is -0.310. The molecule has 1 fully saturated rings. The van der Waals surface area contributed by atoms with Crippen molar-refractivity contribution in [2.75, 3.05) is 13.2 Å². The molecule has 0 bridgehead atoms. The summed E-state index contributed by atoms with van der Waals surface area (Å²) >= 11 is 0. The molecular formula is C18H18FNO3. The fourth-order valence-electron chi connectivity index (χ4n) is 2.43. The highest BCUT2D eigenvalue weighted by molar-refractivity contribution is 5.94. The maximum absolute atomic E-state index is 12.8. The van der Waals surface area contributed by atoms with Gasteiger partial charge in [-0.1, -0.05) is 0 Å². The number of carbonyl (C=O) groups excluding carboxylic acids is 1. The van der Waals surface area contributed by atoms with Crippen LogP contribution in [0.5, 0.6) is 11.5 Å². The molecule has 1 amide bonds.